The third-order valence-corrected chi connectivity index (χ3v) is 4.27. The summed E-state index contributed by atoms with van der Waals surface area (Å²) in [6, 6.07) is 0.393. The van der Waals surface area contributed by atoms with Crippen LogP contribution >= 0.6 is 0 Å². The quantitative estimate of drug-likeness (QED) is 0.642. The summed E-state index contributed by atoms with van der Waals surface area (Å²) in [4.78, 5) is 12.4. The molecule has 2 aromatic heterocycles. The van der Waals surface area contributed by atoms with Gasteiger partial charge in [0.25, 0.3) is 0 Å². The number of ether oxygens (including phenoxy) is 1. The van der Waals surface area contributed by atoms with Crippen LogP contribution in [0.15, 0.2) is 12.7 Å². The Morgan fingerprint density at radius 2 is 2.35 bits per heavy atom. The molecule has 2 aliphatic rings. The number of rotatable bonds is 3. The van der Waals surface area contributed by atoms with Gasteiger partial charge in [0.1, 0.15) is 11.8 Å². The molecule has 0 aromatic carbocycles. The Kier molecular flexibility index (Phi) is 2.62. The first-order chi connectivity index (χ1) is 9.78. The number of nitrogens with two attached hydrogens (primary N) is 1. The Labute approximate surface area is 115 Å². The number of anilines is 1. The molecule has 20 heavy (non-hydrogen) atoms. The fourth-order valence-corrected chi connectivity index (χ4v) is 3.28. The van der Waals surface area contributed by atoms with Crippen molar-refractivity contribution in [2.24, 2.45) is 5.92 Å². The summed E-state index contributed by atoms with van der Waals surface area (Å²) in [5.41, 5.74) is 7.13. The predicted molar refractivity (Wildman–Crippen MR) is 70.8 cm³/mol. The predicted octanol–water partition coefficient (Wildman–Crippen LogP) is -1.24. The average molecular weight is 276 g/mol. The minimum absolute atomic E-state index is 0.0432. The molecule has 8 nitrogen and oxygen atoms in total. The molecule has 2 fully saturated rings. The molecule has 0 aliphatic carbocycles. The number of imidazole rings is 1. The van der Waals surface area contributed by atoms with Crippen LogP contribution in [0.1, 0.15) is 0 Å². The second-order valence-corrected chi connectivity index (χ2v) is 5.35. The summed E-state index contributed by atoms with van der Waals surface area (Å²) in [6.07, 6.45) is 3.20. The normalized spacial score (nSPS) is 32.2. The maximum atomic E-state index is 9.42. The largest absolute Gasteiger partial charge is 0.396 e. The molecule has 8 heteroatoms. The lowest BCUT2D eigenvalue weighted by Crippen LogP contribution is -2.43. The molecule has 0 radical (unpaired) electrons. The Balaban J connectivity index is 1.61. The first kappa shape index (κ1) is 12.0. The first-order valence-corrected chi connectivity index (χ1v) is 6.67. The van der Waals surface area contributed by atoms with Crippen LogP contribution < -0.4 is 11.1 Å². The number of nitrogen functional groups attached to an aromatic ring is 1. The molecule has 0 amide bonds. The van der Waals surface area contributed by atoms with E-state index in [-0.39, 0.29) is 30.7 Å². The van der Waals surface area contributed by atoms with Crippen molar-refractivity contribution in [2.75, 3.05) is 18.9 Å². The first-order valence-electron chi connectivity index (χ1n) is 6.67. The van der Waals surface area contributed by atoms with E-state index >= 15 is 0 Å². The molecule has 4 N–H and O–H groups in total. The number of aliphatic hydroxyl groups is 1. The van der Waals surface area contributed by atoms with Crippen LogP contribution in [0.2, 0.25) is 0 Å². The second kappa shape index (κ2) is 4.37. The smallest absolute Gasteiger partial charge is 0.165 e. The van der Waals surface area contributed by atoms with Crippen LogP contribution in [0.25, 0.3) is 11.2 Å². The molecule has 4 heterocycles. The molecular weight excluding hydrogens is 260 g/mol. The monoisotopic (exact) mass is 276 g/mol. The highest BCUT2D eigenvalue weighted by Crippen LogP contribution is 2.32. The van der Waals surface area contributed by atoms with Gasteiger partial charge in [0, 0.05) is 18.5 Å². The van der Waals surface area contributed by atoms with Crippen molar-refractivity contribution in [3.63, 3.8) is 0 Å². The van der Waals surface area contributed by atoms with Gasteiger partial charge in [-0.25, -0.2) is 15.0 Å². The summed E-state index contributed by atoms with van der Waals surface area (Å²) in [5, 5.41) is 12.9. The number of hydrogen-bond donors (Lipinski definition) is 3. The highest BCUT2D eigenvalue weighted by atomic mass is 16.5. The Hall–Kier alpha value is -1.77. The van der Waals surface area contributed by atoms with Gasteiger partial charge in [0.05, 0.1) is 31.7 Å². The molecule has 0 saturated carbocycles. The summed E-state index contributed by atoms with van der Waals surface area (Å²) in [5.74, 6) is 0.564. The van der Waals surface area contributed by atoms with Gasteiger partial charge in [0.15, 0.2) is 11.5 Å². The van der Waals surface area contributed by atoms with Gasteiger partial charge < -0.3 is 25.5 Å². The molecule has 4 atom stereocenters. The highest BCUT2D eigenvalue weighted by Gasteiger charge is 2.48. The van der Waals surface area contributed by atoms with E-state index in [4.69, 9.17) is 10.5 Å². The van der Waals surface area contributed by atoms with Crippen LogP contribution in [-0.2, 0) is 11.3 Å². The number of aliphatic hydroxyl groups excluding tert-OH is 1. The number of hydrogen-bond acceptors (Lipinski definition) is 7. The minimum atomic E-state index is 0.0432. The highest BCUT2D eigenvalue weighted by molar-refractivity contribution is 5.81. The van der Waals surface area contributed by atoms with E-state index in [1.54, 1.807) is 6.33 Å². The molecule has 4 rings (SSSR count). The van der Waals surface area contributed by atoms with E-state index in [0.717, 1.165) is 5.65 Å². The number of morpholine rings is 1. The van der Waals surface area contributed by atoms with Gasteiger partial charge in [-0.3, -0.25) is 0 Å². The molecule has 2 bridgehead atoms. The number of fused-ring (bicyclic) bond motifs is 3. The number of nitrogens with one attached hydrogen (secondary N) is 1. The van der Waals surface area contributed by atoms with Crippen molar-refractivity contribution in [1.29, 1.82) is 0 Å². The fraction of sp³-hybridized carbons (Fsp3) is 0.583. The topological polar surface area (TPSA) is 111 Å². The molecule has 0 spiro atoms. The van der Waals surface area contributed by atoms with Gasteiger partial charge in [-0.1, -0.05) is 0 Å². The lowest BCUT2D eigenvalue weighted by Gasteiger charge is -2.23. The maximum Gasteiger partial charge on any atom is 0.165 e. The van der Waals surface area contributed by atoms with E-state index in [0.29, 0.717) is 24.5 Å². The standard InChI is InChI=1S/C12H16N6O2/c13-11-9-12(15-4-14-11)18(5-16-9)1-7-10-6(2-19)8(17-7)3-20-10/h4-8,10,17,19H,1-3H2,(H2,13,14,15)/t6?,7-,8-,10+/m0/s1. The van der Waals surface area contributed by atoms with E-state index in [2.05, 4.69) is 20.3 Å². The van der Waals surface area contributed by atoms with E-state index < -0.39 is 0 Å². The van der Waals surface area contributed by atoms with Crippen LogP contribution in [0.3, 0.4) is 0 Å². The van der Waals surface area contributed by atoms with Crippen molar-refractivity contribution in [2.45, 2.75) is 24.7 Å². The van der Waals surface area contributed by atoms with Gasteiger partial charge in [-0.2, -0.15) is 0 Å². The van der Waals surface area contributed by atoms with Gasteiger partial charge in [0.2, 0.25) is 0 Å². The van der Waals surface area contributed by atoms with Crippen molar-refractivity contribution < 1.29 is 9.84 Å². The van der Waals surface area contributed by atoms with Gasteiger partial charge in [-0.15, -0.1) is 0 Å². The summed E-state index contributed by atoms with van der Waals surface area (Å²) in [7, 11) is 0. The SMILES string of the molecule is Nc1ncnc2c1ncn2C[C@@H]1N[C@H]2CO[C@@H]1C2CO. The Bertz CT molecular complexity index is 644. The molecule has 106 valence electrons. The summed E-state index contributed by atoms with van der Waals surface area (Å²) < 4.78 is 7.69. The summed E-state index contributed by atoms with van der Waals surface area (Å²) >= 11 is 0. The van der Waals surface area contributed by atoms with Crippen molar-refractivity contribution in [3.8, 4) is 0 Å². The molecule has 2 saturated heterocycles. The molecule has 1 unspecified atom stereocenters. The molecule has 2 aliphatic heterocycles. The van der Waals surface area contributed by atoms with Crippen LogP contribution in [0.4, 0.5) is 5.82 Å². The number of nitrogens with zero attached hydrogens (tertiary/aromatic N) is 4. The van der Waals surface area contributed by atoms with E-state index in [1.165, 1.54) is 6.33 Å². The second-order valence-electron chi connectivity index (χ2n) is 5.35. The van der Waals surface area contributed by atoms with Crippen LogP contribution in [0, 0.1) is 5.92 Å². The zero-order valence-corrected chi connectivity index (χ0v) is 10.8. The molecule has 2 aromatic rings. The van der Waals surface area contributed by atoms with Gasteiger partial charge >= 0.3 is 0 Å². The van der Waals surface area contributed by atoms with Crippen molar-refractivity contribution in [1.82, 2.24) is 24.8 Å². The lowest BCUT2D eigenvalue weighted by atomic mass is 10.0. The van der Waals surface area contributed by atoms with E-state index in [9.17, 15) is 5.11 Å². The van der Waals surface area contributed by atoms with Crippen molar-refractivity contribution >= 4 is 17.0 Å². The molecular formula is C12H16N6O2. The lowest BCUT2D eigenvalue weighted by molar-refractivity contribution is 0.0360. The van der Waals surface area contributed by atoms with Gasteiger partial charge in [-0.05, 0) is 0 Å². The zero-order chi connectivity index (χ0) is 13.7. The maximum absolute atomic E-state index is 9.42. The van der Waals surface area contributed by atoms with Crippen LogP contribution in [0.5, 0.6) is 0 Å². The third-order valence-electron chi connectivity index (χ3n) is 4.27. The Morgan fingerprint density at radius 3 is 3.15 bits per heavy atom. The minimum Gasteiger partial charge on any atom is -0.396 e. The fourth-order valence-electron chi connectivity index (χ4n) is 3.28. The van der Waals surface area contributed by atoms with Crippen LogP contribution in [-0.4, -0.2) is 56.0 Å². The number of aromatic nitrogens is 4. The van der Waals surface area contributed by atoms with Crippen molar-refractivity contribution in [3.05, 3.63) is 12.7 Å². The average Bonchev–Trinajstić information content (AvgIpc) is 3.12. The summed E-state index contributed by atoms with van der Waals surface area (Å²) in [6.45, 7) is 1.51. The van der Waals surface area contributed by atoms with E-state index in [1.807, 2.05) is 4.57 Å². The third kappa shape index (κ3) is 1.62. The Morgan fingerprint density at radius 1 is 1.45 bits per heavy atom. The zero-order valence-electron chi connectivity index (χ0n) is 10.8.